The lowest BCUT2D eigenvalue weighted by atomic mass is 10.1. The van der Waals surface area contributed by atoms with Crippen LogP contribution < -0.4 is 4.74 Å². The summed E-state index contributed by atoms with van der Waals surface area (Å²) in [4.78, 5) is 4.27. The number of benzene rings is 1. The highest BCUT2D eigenvalue weighted by Gasteiger charge is 2.22. The first-order valence-corrected chi connectivity index (χ1v) is 4.48. The molecule has 0 amide bonds. The third-order valence-corrected chi connectivity index (χ3v) is 2.04. The van der Waals surface area contributed by atoms with E-state index in [4.69, 9.17) is 16.3 Å². The summed E-state index contributed by atoms with van der Waals surface area (Å²) in [6, 6.07) is 5.44. The normalized spacial score (nSPS) is 17.8. The Morgan fingerprint density at radius 1 is 1.38 bits per heavy atom. The fourth-order valence-electron chi connectivity index (χ4n) is 1.21. The van der Waals surface area contributed by atoms with Gasteiger partial charge in [-0.1, -0.05) is 11.6 Å². The van der Waals surface area contributed by atoms with Gasteiger partial charge in [-0.25, -0.2) is 0 Å². The first-order chi connectivity index (χ1) is 6.07. The van der Waals surface area contributed by atoms with E-state index in [-0.39, 0.29) is 5.60 Å². The maximum Gasteiger partial charge on any atom is 0.146 e. The van der Waals surface area contributed by atoms with Crippen LogP contribution in [0.25, 0.3) is 0 Å². The molecule has 0 saturated heterocycles. The number of ether oxygens (including phenoxy) is 1. The van der Waals surface area contributed by atoms with Gasteiger partial charge in [0.2, 0.25) is 0 Å². The average molecular weight is 196 g/mol. The van der Waals surface area contributed by atoms with E-state index in [1.165, 1.54) is 0 Å². The van der Waals surface area contributed by atoms with Crippen LogP contribution in [0.4, 0.5) is 5.69 Å². The minimum Gasteiger partial charge on any atom is -0.480 e. The zero-order valence-electron chi connectivity index (χ0n) is 7.54. The van der Waals surface area contributed by atoms with Gasteiger partial charge in [-0.05, 0) is 32.0 Å². The Balaban J connectivity index is 2.47. The van der Waals surface area contributed by atoms with Crippen molar-refractivity contribution in [3.8, 4) is 5.75 Å². The first kappa shape index (κ1) is 8.57. The summed E-state index contributed by atoms with van der Waals surface area (Å²) in [5, 5.41) is 0.680. The van der Waals surface area contributed by atoms with Crippen molar-refractivity contribution in [2.24, 2.45) is 4.99 Å². The van der Waals surface area contributed by atoms with Crippen LogP contribution in [0.5, 0.6) is 5.75 Å². The maximum atomic E-state index is 5.82. The molecule has 0 spiro atoms. The summed E-state index contributed by atoms with van der Waals surface area (Å²) in [7, 11) is 0. The van der Waals surface area contributed by atoms with Crippen LogP contribution in [0.1, 0.15) is 13.8 Å². The standard InChI is InChI=1S/C10H10ClNO/c1-10(2)6-12-8-5-7(11)3-4-9(8)13-10/h3-6H,1-2H3. The van der Waals surface area contributed by atoms with Gasteiger partial charge < -0.3 is 4.74 Å². The second-order valence-electron chi connectivity index (χ2n) is 3.58. The predicted molar refractivity (Wildman–Crippen MR) is 54.3 cm³/mol. The highest BCUT2D eigenvalue weighted by atomic mass is 35.5. The van der Waals surface area contributed by atoms with Crippen molar-refractivity contribution in [2.45, 2.75) is 19.4 Å². The second kappa shape index (κ2) is 2.74. The topological polar surface area (TPSA) is 21.6 Å². The first-order valence-electron chi connectivity index (χ1n) is 4.11. The molecule has 13 heavy (non-hydrogen) atoms. The van der Waals surface area contributed by atoms with Crippen molar-refractivity contribution >= 4 is 23.5 Å². The lowest BCUT2D eigenvalue weighted by Crippen LogP contribution is -2.31. The number of rotatable bonds is 0. The highest BCUT2D eigenvalue weighted by Crippen LogP contribution is 2.35. The van der Waals surface area contributed by atoms with Gasteiger partial charge >= 0.3 is 0 Å². The second-order valence-corrected chi connectivity index (χ2v) is 4.01. The van der Waals surface area contributed by atoms with Crippen molar-refractivity contribution in [1.82, 2.24) is 0 Å². The zero-order valence-corrected chi connectivity index (χ0v) is 8.30. The van der Waals surface area contributed by atoms with E-state index in [0.717, 1.165) is 11.4 Å². The van der Waals surface area contributed by atoms with Crippen molar-refractivity contribution in [3.05, 3.63) is 23.2 Å². The number of nitrogens with zero attached hydrogens (tertiary/aromatic N) is 1. The van der Waals surface area contributed by atoms with Gasteiger partial charge in [-0.15, -0.1) is 0 Å². The summed E-state index contributed by atoms with van der Waals surface area (Å²) in [6.07, 6.45) is 1.78. The molecule has 3 heteroatoms. The number of hydrogen-bond donors (Lipinski definition) is 0. The molecule has 0 aliphatic carbocycles. The Hall–Kier alpha value is -1.02. The van der Waals surface area contributed by atoms with Crippen molar-refractivity contribution in [2.75, 3.05) is 0 Å². The van der Waals surface area contributed by atoms with Gasteiger partial charge in [-0.2, -0.15) is 0 Å². The van der Waals surface area contributed by atoms with Gasteiger partial charge in [0.25, 0.3) is 0 Å². The summed E-state index contributed by atoms with van der Waals surface area (Å²) >= 11 is 5.82. The van der Waals surface area contributed by atoms with E-state index in [2.05, 4.69) is 4.99 Å². The van der Waals surface area contributed by atoms with Crippen molar-refractivity contribution < 1.29 is 4.74 Å². The van der Waals surface area contributed by atoms with Gasteiger partial charge in [0.1, 0.15) is 17.0 Å². The van der Waals surface area contributed by atoms with Crippen LogP contribution in [0, 0.1) is 0 Å². The minimum absolute atomic E-state index is 0.319. The molecular formula is C10H10ClNO. The molecule has 0 saturated carbocycles. The third-order valence-electron chi connectivity index (χ3n) is 1.81. The van der Waals surface area contributed by atoms with Crippen LogP contribution in [0.3, 0.4) is 0 Å². The van der Waals surface area contributed by atoms with Crippen LogP contribution >= 0.6 is 11.6 Å². The lowest BCUT2D eigenvalue weighted by molar-refractivity contribution is 0.184. The fourth-order valence-corrected chi connectivity index (χ4v) is 1.38. The van der Waals surface area contributed by atoms with E-state index in [1.54, 1.807) is 18.3 Å². The Bertz CT molecular complexity index is 371. The van der Waals surface area contributed by atoms with E-state index in [0.29, 0.717) is 5.02 Å². The van der Waals surface area contributed by atoms with Gasteiger partial charge in [0.05, 0.1) is 0 Å². The van der Waals surface area contributed by atoms with Crippen LogP contribution in [-0.4, -0.2) is 11.8 Å². The average Bonchev–Trinajstić information content (AvgIpc) is 2.05. The Kier molecular flexibility index (Phi) is 1.81. The van der Waals surface area contributed by atoms with Crippen molar-refractivity contribution in [1.29, 1.82) is 0 Å². The molecule has 0 N–H and O–H groups in total. The largest absolute Gasteiger partial charge is 0.480 e. The quantitative estimate of drug-likeness (QED) is 0.623. The van der Waals surface area contributed by atoms with Gasteiger partial charge in [0.15, 0.2) is 0 Å². The molecular weight excluding hydrogens is 186 g/mol. The van der Waals surface area contributed by atoms with Crippen LogP contribution in [0.2, 0.25) is 5.02 Å². The molecule has 0 aromatic heterocycles. The Labute approximate surface area is 82.2 Å². The van der Waals surface area contributed by atoms with E-state index < -0.39 is 0 Å². The van der Waals surface area contributed by atoms with Crippen LogP contribution in [-0.2, 0) is 0 Å². The molecule has 1 aliphatic heterocycles. The van der Waals surface area contributed by atoms with Crippen LogP contribution in [0.15, 0.2) is 23.2 Å². The molecule has 2 nitrogen and oxygen atoms in total. The molecule has 0 bridgehead atoms. The summed E-state index contributed by atoms with van der Waals surface area (Å²) in [5.41, 5.74) is 0.479. The lowest BCUT2D eigenvalue weighted by Gasteiger charge is -2.26. The Morgan fingerprint density at radius 3 is 2.92 bits per heavy atom. The molecule has 0 unspecified atom stereocenters. The molecule has 1 aromatic rings. The highest BCUT2D eigenvalue weighted by molar-refractivity contribution is 6.30. The van der Waals surface area contributed by atoms with Gasteiger partial charge in [0, 0.05) is 11.2 Å². The molecule has 1 aromatic carbocycles. The van der Waals surface area contributed by atoms with E-state index >= 15 is 0 Å². The predicted octanol–water partition coefficient (Wildman–Crippen LogP) is 3.21. The molecule has 68 valence electrons. The molecule has 0 atom stereocenters. The van der Waals surface area contributed by atoms with E-state index in [9.17, 15) is 0 Å². The molecule has 0 radical (unpaired) electrons. The molecule has 0 fully saturated rings. The smallest absolute Gasteiger partial charge is 0.146 e. The van der Waals surface area contributed by atoms with E-state index in [1.807, 2.05) is 19.9 Å². The number of aliphatic imine (C=N–C) groups is 1. The zero-order chi connectivity index (χ0) is 9.47. The molecule has 1 heterocycles. The monoisotopic (exact) mass is 195 g/mol. The van der Waals surface area contributed by atoms with Gasteiger partial charge in [-0.3, -0.25) is 4.99 Å². The number of fused-ring (bicyclic) bond motifs is 1. The fraction of sp³-hybridized carbons (Fsp3) is 0.300. The summed E-state index contributed by atoms with van der Waals surface area (Å²) in [5.74, 6) is 0.789. The molecule has 1 aliphatic rings. The third kappa shape index (κ3) is 1.68. The minimum atomic E-state index is -0.319. The Morgan fingerprint density at radius 2 is 2.15 bits per heavy atom. The number of halogens is 1. The maximum absolute atomic E-state index is 5.82. The number of hydrogen-bond acceptors (Lipinski definition) is 2. The van der Waals surface area contributed by atoms with Crippen molar-refractivity contribution in [3.63, 3.8) is 0 Å². The summed E-state index contributed by atoms with van der Waals surface area (Å²) in [6.45, 7) is 3.93. The summed E-state index contributed by atoms with van der Waals surface area (Å²) < 4.78 is 5.67. The SMILES string of the molecule is CC1(C)C=Nc2cc(Cl)ccc2O1. The molecule has 2 rings (SSSR count).